The monoisotopic (exact) mass is 808 g/mol. The van der Waals surface area contributed by atoms with Crippen LogP contribution in [0.4, 0.5) is 4.39 Å². The van der Waals surface area contributed by atoms with Crippen LogP contribution in [0.3, 0.4) is 0 Å². The van der Waals surface area contributed by atoms with Crippen molar-refractivity contribution >= 4 is 86.4 Å². The highest BCUT2D eigenvalue weighted by Crippen LogP contribution is 2.52. The zero-order valence-corrected chi connectivity index (χ0v) is 36.7. The van der Waals surface area contributed by atoms with Crippen LogP contribution in [0, 0.1) is 19.7 Å². The Labute approximate surface area is 339 Å². The van der Waals surface area contributed by atoms with Crippen LogP contribution in [0.5, 0.6) is 16.6 Å². The van der Waals surface area contributed by atoms with Gasteiger partial charge in [-0.15, -0.1) is 34.0 Å². The molecule has 0 aliphatic carbocycles. The van der Waals surface area contributed by atoms with Gasteiger partial charge in [0.05, 0.1) is 39.5 Å². The van der Waals surface area contributed by atoms with Crippen LogP contribution in [0.25, 0.3) is 50.8 Å². The topological polar surface area (TPSA) is 27.7 Å². The maximum Gasteiger partial charge on any atom is 0.211 e. The van der Waals surface area contributed by atoms with E-state index in [1.54, 1.807) is 22.7 Å². The van der Waals surface area contributed by atoms with E-state index in [4.69, 9.17) is 14.2 Å². The number of ether oxygens (including phenoxy) is 3. The molecule has 8 heteroatoms. The standard InChI is InChI=1S/C46H61FO3S4/c1-6-9-12-15-18-21-24-48-41-35-30-37-33(28-34(35)42(44-36(41)27-31(4)51-44)49-25-22-19-16-13-10-7-2)29-38(53-37)45-39-40(47)46(54-43(39)32(5)52-45)50-26-23-20-17-14-11-8-3/h27-30H,6-26H2,1-5H3. The van der Waals surface area contributed by atoms with Gasteiger partial charge in [0.15, 0.2) is 5.82 Å². The molecule has 0 saturated heterocycles. The summed E-state index contributed by atoms with van der Waals surface area (Å²) in [5.41, 5.74) is 0. The largest absolute Gasteiger partial charge is 0.492 e. The number of fused-ring (bicyclic) bond motifs is 4. The highest BCUT2D eigenvalue weighted by molar-refractivity contribution is 7.30. The molecule has 2 aromatic carbocycles. The van der Waals surface area contributed by atoms with Gasteiger partial charge < -0.3 is 14.2 Å². The van der Waals surface area contributed by atoms with E-state index in [-0.39, 0.29) is 5.82 Å². The van der Waals surface area contributed by atoms with Crippen molar-refractivity contribution in [2.75, 3.05) is 19.8 Å². The molecular formula is C46H61FO3S4. The molecule has 6 aromatic rings. The van der Waals surface area contributed by atoms with Gasteiger partial charge in [-0.3, -0.25) is 0 Å². The zero-order chi connectivity index (χ0) is 37.9. The third kappa shape index (κ3) is 9.94. The fourth-order valence-electron chi connectivity index (χ4n) is 7.51. The highest BCUT2D eigenvalue weighted by atomic mass is 32.1. The maximum absolute atomic E-state index is 16.1. The molecule has 4 aromatic heterocycles. The molecule has 294 valence electrons. The van der Waals surface area contributed by atoms with Crippen LogP contribution in [-0.2, 0) is 0 Å². The summed E-state index contributed by atoms with van der Waals surface area (Å²) in [7, 11) is 0. The average Bonchev–Trinajstić information content (AvgIpc) is 3.93. The first-order chi connectivity index (χ1) is 26.4. The molecule has 4 heterocycles. The SMILES string of the molecule is CCCCCCCCOc1sc2c(C)sc(-c3cc4cc5c(OCCCCCCCC)c6sc(C)cc6c(OCCCCCCCC)c5cc4s3)c2c1F. The van der Waals surface area contributed by atoms with E-state index in [2.05, 4.69) is 58.9 Å². The number of hydrogen-bond acceptors (Lipinski definition) is 7. The quantitative estimate of drug-likeness (QED) is 0.0539. The van der Waals surface area contributed by atoms with Crippen molar-refractivity contribution in [2.45, 2.75) is 150 Å². The Bertz CT molecular complexity index is 1990. The van der Waals surface area contributed by atoms with Gasteiger partial charge in [0.1, 0.15) is 11.5 Å². The summed E-state index contributed by atoms with van der Waals surface area (Å²) in [6.07, 6.45) is 21.9. The van der Waals surface area contributed by atoms with Crippen molar-refractivity contribution in [1.82, 2.24) is 0 Å². The van der Waals surface area contributed by atoms with E-state index in [9.17, 15) is 0 Å². The van der Waals surface area contributed by atoms with Gasteiger partial charge in [-0.2, -0.15) is 0 Å². The third-order valence-electron chi connectivity index (χ3n) is 10.5. The Kier molecular flexibility index (Phi) is 15.8. The molecule has 0 amide bonds. The van der Waals surface area contributed by atoms with Crippen molar-refractivity contribution in [3.63, 3.8) is 0 Å². The number of aryl methyl sites for hydroxylation is 2. The minimum Gasteiger partial charge on any atom is -0.492 e. The van der Waals surface area contributed by atoms with Gasteiger partial charge in [0.2, 0.25) is 5.06 Å². The molecule has 6 rings (SSSR count). The van der Waals surface area contributed by atoms with Crippen LogP contribution < -0.4 is 14.2 Å². The fourth-order valence-corrected chi connectivity index (χ4v) is 12.0. The summed E-state index contributed by atoms with van der Waals surface area (Å²) in [4.78, 5) is 4.52. The fraction of sp³-hybridized carbons (Fsp3) is 0.565. The van der Waals surface area contributed by atoms with E-state index in [0.717, 1.165) is 83.4 Å². The number of halogens is 1. The molecule has 0 spiro atoms. The Balaban J connectivity index is 1.32. The second kappa shape index (κ2) is 20.7. The normalized spacial score (nSPS) is 12.0. The second-order valence-electron chi connectivity index (χ2n) is 15.0. The van der Waals surface area contributed by atoms with E-state index in [1.807, 2.05) is 11.3 Å². The first-order valence-electron chi connectivity index (χ1n) is 21.0. The Morgan fingerprint density at radius 1 is 0.519 bits per heavy atom. The molecule has 0 aliphatic heterocycles. The molecule has 0 aliphatic rings. The van der Waals surface area contributed by atoms with Crippen molar-refractivity contribution in [1.29, 1.82) is 0 Å². The van der Waals surface area contributed by atoms with Crippen LogP contribution >= 0.6 is 45.3 Å². The summed E-state index contributed by atoms with van der Waals surface area (Å²) in [6.45, 7) is 13.1. The molecule has 0 fully saturated rings. The lowest BCUT2D eigenvalue weighted by atomic mass is 10.0. The molecule has 0 unspecified atom stereocenters. The van der Waals surface area contributed by atoms with Crippen molar-refractivity contribution in [3.8, 4) is 26.3 Å². The van der Waals surface area contributed by atoms with Gasteiger partial charge in [0.25, 0.3) is 0 Å². The van der Waals surface area contributed by atoms with Crippen molar-refractivity contribution < 1.29 is 18.6 Å². The second-order valence-corrected chi connectivity index (χ2v) is 19.6. The number of benzene rings is 2. The molecule has 0 radical (unpaired) electrons. The van der Waals surface area contributed by atoms with E-state index in [1.165, 1.54) is 116 Å². The molecular weight excluding hydrogens is 748 g/mol. The number of unbranched alkanes of at least 4 members (excludes halogenated alkanes) is 15. The summed E-state index contributed by atoms with van der Waals surface area (Å²) in [5.74, 6) is 1.76. The molecule has 0 atom stereocenters. The van der Waals surface area contributed by atoms with Gasteiger partial charge in [-0.25, -0.2) is 4.39 Å². The Morgan fingerprint density at radius 3 is 1.70 bits per heavy atom. The maximum atomic E-state index is 16.1. The van der Waals surface area contributed by atoms with Crippen LogP contribution in [0.15, 0.2) is 24.3 Å². The van der Waals surface area contributed by atoms with Gasteiger partial charge in [0, 0.05) is 35.5 Å². The molecule has 54 heavy (non-hydrogen) atoms. The van der Waals surface area contributed by atoms with Crippen LogP contribution in [0.2, 0.25) is 0 Å². The van der Waals surface area contributed by atoms with Gasteiger partial charge >= 0.3 is 0 Å². The first-order valence-corrected chi connectivity index (χ1v) is 24.2. The molecule has 0 saturated carbocycles. The van der Waals surface area contributed by atoms with E-state index < -0.39 is 0 Å². The Hall–Kier alpha value is -2.39. The van der Waals surface area contributed by atoms with Crippen molar-refractivity contribution in [3.05, 3.63) is 39.8 Å². The summed E-state index contributed by atoms with van der Waals surface area (Å²) in [5, 5.41) is 5.71. The van der Waals surface area contributed by atoms with Crippen molar-refractivity contribution in [2.24, 2.45) is 0 Å². The molecule has 0 N–H and O–H groups in total. The van der Waals surface area contributed by atoms with E-state index in [0.29, 0.717) is 24.9 Å². The predicted octanol–water partition coefficient (Wildman–Crippen LogP) is 17.2. The zero-order valence-electron chi connectivity index (χ0n) is 33.4. The number of hydrogen-bond donors (Lipinski definition) is 0. The molecule has 3 nitrogen and oxygen atoms in total. The summed E-state index contributed by atoms with van der Waals surface area (Å²) >= 11 is 6.73. The minimum atomic E-state index is -0.200. The lowest BCUT2D eigenvalue weighted by molar-refractivity contribution is 0.300. The van der Waals surface area contributed by atoms with Gasteiger partial charge in [-0.1, -0.05) is 128 Å². The lowest BCUT2D eigenvalue weighted by Gasteiger charge is -2.16. The highest BCUT2D eigenvalue weighted by Gasteiger charge is 2.25. The van der Waals surface area contributed by atoms with Crippen LogP contribution in [0.1, 0.15) is 146 Å². The Morgan fingerprint density at radius 2 is 1.07 bits per heavy atom. The first kappa shape index (κ1) is 41.2. The third-order valence-corrected chi connectivity index (χ3v) is 15.3. The molecule has 0 bridgehead atoms. The summed E-state index contributed by atoms with van der Waals surface area (Å²) < 4.78 is 39.1. The van der Waals surface area contributed by atoms with E-state index >= 15 is 4.39 Å². The minimum absolute atomic E-state index is 0.200. The predicted molar refractivity (Wildman–Crippen MR) is 239 cm³/mol. The number of rotatable bonds is 25. The smallest absolute Gasteiger partial charge is 0.211 e. The van der Waals surface area contributed by atoms with Crippen LogP contribution in [-0.4, -0.2) is 19.8 Å². The summed E-state index contributed by atoms with van der Waals surface area (Å²) in [6, 6.07) is 9.17. The average molecular weight is 809 g/mol. The van der Waals surface area contributed by atoms with Gasteiger partial charge in [-0.05, 0) is 62.8 Å². The number of thiophene rings is 4. The lowest BCUT2D eigenvalue weighted by Crippen LogP contribution is -2.01.